The predicted molar refractivity (Wildman–Crippen MR) is 146 cm³/mol. The number of methoxy groups -OCH3 is 1. The second kappa shape index (κ2) is 12.5. The van der Waals surface area contributed by atoms with Crippen LogP contribution in [0.3, 0.4) is 0 Å². The molecule has 4 aromatic rings. The van der Waals surface area contributed by atoms with E-state index < -0.39 is 29.0 Å². The number of aromatic nitrogens is 2. The van der Waals surface area contributed by atoms with Crippen molar-refractivity contribution in [2.45, 2.75) is 45.4 Å². The van der Waals surface area contributed by atoms with Crippen molar-refractivity contribution in [3.05, 3.63) is 83.4 Å². The van der Waals surface area contributed by atoms with E-state index in [9.17, 15) is 18.0 Å². The molecule has 42 heavy (non-hydrogen) atoms. The molecule has 0 aliphatic carbocycles. The van der Waals surface area contributed by atoms with Crippen LogP contribution in [0.4, 0.5) is 23.4 Å². The van der Waals surface area contributed by atoms with Crippen LogP contribution in [0.5, 0.6) is 17.4 Å². The molecule has 2 aromatic heterocycles. The van der Waals surface area contributed by atoms with Crippen LogP contribution in [-0.2, 0) is 23.2 Å². The first-order valence-corrected chi connectivity index (χ1v) is 12.9. The number of rotatable bonds is 11. The zero-order chi connectivity index (χ0) is 30.5. The summed E-state index contributed by atoms with van der Waals surface area (Å²) in [5.74, 6) is -0.140. The van der Waals surface area contributed by atoms with Crippen molar-refractivity contribution in [2.75, 3.05) is 19.0 Å². The molecule has 0 atom stereocenters. The van der Waals surface area contributed by atoms with Gasteiger partial charge in [0.1, 0.15) is 35.0 Å². The van der Waals surface area contributed by atoms with E-state index in [0.29, 0.717) is 29.4 Å². The second-order valence-corrected chi connectivity index (χ2v) is 9.82. The van der Waals surface area contributed by atoms with Crippen molar-refractivity contribution in [2.24, 2.45) is 0 Å². The molecule has 0 fully saturated rings. The fraction of sp³-hybridized carbons (Fsp3) is 0.300. The molecule has 222 valence electrons. The number of alkyl halides is 3. The molecule has 0 aliphatic rings. The van der Waals surface area contributed by atoms with Crippen LogP contribution in [0, 0.1) is 5.82 Å². The number of amides is 1. The Balaban J connectivity index is 1.44. The highest BCUT2D eigenvalue weighted by atomic mass is 19.4. The lowest BCUT2D eigenvalue weighted by Crippen LogP contribution is -2.36. The van der Waals surface area contributed by atoms with Crippen LogP contribution in [0.1, 0.15) is 37.6 Å². The minimum atomic E-state index is -4.57. The minimum absolute atomic E-state index is 0.0666. The molecule has 2 heterocycles. The van der Waals surface area contributed by atoms with Crippen molar-refractivity contribution in [3.8, 4) is 28.5 Å². The van der Waals surface area contributed by atoms with Crippen molar-refractivity contribution in [1.29, 1.82) is 0 Å². The first-order valence-electron chi connectivity index (χ1n) is 12.9. The molecule has 0 saturated carbocycles. The summed E-state index contributed by atoms with van der Waals surface area (Å²) in [5, 5.41) is 5.74. The Hall–Kier alpha value is -4.61. The van der Waals surface area contributed by atoms with E-state index in [4.69, 9.17) is 18.7 Å². The van der Waals surface area contributed by atoms with E-state index in [-0.39, 0.29) is 24.5 Å². The van der Waals surface area contributed by atoms with E-state index in [1.54, 1.807) is 19.2 Å². The number of nitrogens with zero attached hydrogens (tertiary/aromatic N) is 2. The average molecular weight is 588 g/mol. The van der Waals surface area contributed by atoms with E-state index in [2.05, 4.69) is 15.5 Å². The van der Waals surface area contributed by atoms with E-state index in [1.807, 2.05) is 31.2 Å². The summed E-state index contributed by atoms with van der Waals surface area (Å²) in [7, 11) is 1.59. The number of hydrogen-bond acceptors (Lipinski definition) is 7. The number of hydrogen-bond donors (Lipinski definition) is 1. The normalized spacial score (nSPS) is 11.7. The molecular formula is C30H29F4N3O5. The Morgan fingerprint density at radius 3 is 2.40 bits per heavy atom. The molecule has 0 spiro atoms. The fourth-order valence-electron chi connectivity index (χ4n) is 3.86. The van der Waals surface area contributed by atoms with Crippen LogP contribution in [0.15, 0.2) is 65.3 Å². The number of pyridine rings is 1. The monoisotopic (exact) mass is 587 g/mol. The van der Waals surface area contributed by atoms with Gasteiger partial charge in [-0.3, -0.25) is 10.1 Å². The first kappa shape index (κ1) is 30.4. The van der Waals surface area contributed by atoms with Crippen LogP contribution < -0.4 is 19.5 Å². The van der Waals surface area contributed by atoms with Gasteiger partial charge in [-0.25, -0.2) is 9.37 Å². The van der Waals surface area contributed by atoms with Crippen LogP contribution in [0.25, 0.3) is 11.1 Å². The zero-order valence-corrected chi connectivity index (χ0v) is 23.3. The number of carbonyl (C=O) groups excluding carboxylic acids is 1. The quantitative estimate of drug-likeness (QED) is 0.191. The van der Waals surface area contributed by atoms with Gasteiger partial charge in [0.15, 0.2) is 0 Å². The smallest absolute Gasteiger partial charge is 0.399 e. The maximum Gasteiger partial charge on any atom is 0.399 e. The summed E-state index contributed by atoms with van der Waals surface area (Å²) in [5.41, 5.74) is -0.713. The number of benzene rings is 2. The third kappa shape index (κ3) is 6.99. The Labute approximate surface area is 239 Å². The van der Waals surface area contributed by atoms with Crippen molar-refractivity contribution >= 4 is 11.8 Å². The number of nitrogens with one attached hydrogen (secondary N) is 1. The molecule has 0 bridgehead atoms. The third-order valence-electron chi connectivity index (χ3n) is 6.52. The summed E-state index contributed by atoms with van der Waals surface area (Å²) < 4.78 is 76.4. The first-order chi connectivity index (χ1) is 19.9. The lowest BCUT2D eigenvalue weighted by Gasteiger charge is -2.24. The minimum Gasteiger partial charge on any atom is -0.497 e. The van der Waals surface area contributed by atoms with E-state index in [1.165, 1.54) is 18.3 Å². The highest BCUT2D eigenvalue weighted by molar-refractivity contribution is 5.91. The maximum atomic E-state index is 15.1. The van der Waals surface area contributed by atoms with Gasteiger partial charge in [-0.15, -0.1) is 0 Å². The third-order valence-corrected chi connectivity index (χ3v) is 6.52. The van der Waals surface area contributed by atoms with Crippen LogP contribution >= 0.6 is 0 Å². The molecule has 4 rings (SSSR count). The molecule has 0 aliphatic heterocycles. The molecule has 1 N–H and O–H groups in total. The van der Waals surface area contributed by atoms with Crippen LogP contribution in [-0.4, -0.2) is 35.9 Å². The molecule has 12 heteroatoms. The molecule has 0 unspecified atom stereocenters. The lowest BCUT2D eigenvalue weighted by molar-refractivity contribution is -0.181. The number of carbonyl (C=O) groups is 1. The fourth-order valence-corrected chi connectivity index (χ4v) is 3.86. The largest absolute Gasteiger partial charge is 0.497 e. The molecule has 0 saturated heterocycles. The van der Waals surface area contributed by atoms with Crippen molar-refractivity contribution in [3.63, 3.8) is 0 Å². The highest BCUT2D eigenvalue weighted by Crippen LogP contribution is 2.40. The predicted octanol–water partition coefficient (Wildman–Crippen LogP) is 6.88. The van der Waals surface area contributed by atoms with Gasteiger partial charge in [0.2, 0.25) is 17.7 Å². The Morgan fingerprint density at radius 1 is 1.02 bits per heavy atom. The SMILES string of the molecule is CCOc1cc(OCc2ccc(OC)cc2)ncc1-c1ccc(CC(=O)Nc2cc(C(C)(C)C(F)(F)F)no2)c(F)c1. The van der Waals surface area contributed by atoms with Gasteiger partial charge < -0.3 is 18.7 Å². The van der Waals surface area contributed by atoms with E-state index >= 15 is 4.39 Å². The van der Waals surface area contributed by atoms with Gasteiger partial charge in [-0.05, 0) is 55.7 Å². The summed E-state index contributed by atoms with van der Waals surface area (Å²) in [6.07, 6.45) is -3.45. The van der Waals surface area contributed by atoms with E-state index in [0.717, 1.165) is 31.2 Å². The summed E-state index contributed by atoms with van der Waals surface area (Å²) >= 11 is 0. The van der Waals surface area contributed by atoms with Gasteiger partial charge in [0.05, 0.1) is 20.1 Å². The summed E-state index contributed by atoms with van der Waals surface area (Å²) in [6, 6.07) is 14.3. The molecule has 1 amide bonds. The van der Waals surface area contributed by atoms with Gasteiger partial charge in [-0.2, -0.15) is 13.2 Å². The van der Waals surface area contributed by atoms with Gasteiger partial charge >= 0.3 is 6.18 Å². The Morgan fingerprint density at radius 2 is 1.76 bits per heavy atom. The molecule has 0 radical (unpaired) electrons. The Kier molecular flexibility index (Phi) is 9.03. The lowest BCUT2D eigenvalue weighted by atomic mass is 9.89. The Bertz CT molecular complexity index is 1530. The number of anilines is 1. The number of ether oxygens (including phenoxy) is 3. The van der Waals surface area contributed by atoms with Crippen molar-refractivity contribution in [1.82, 2.24) is 10.1 Å². The molecule has 2 aromatic carbocycles. The average Bonchev–Trinajstić information content (AvgIpc) is 3.42. The topological polar surface area (TPSA) is 95.7 Å². The van der Waals surface area contributed by atoms with Crippen molar-refractivity contribution < 1.29 is 41.1 Å². The second-order valence-electron chi connectivity index (χ2n) is 9.82. The maximum absolute atomic E-state index is 15.1. The number of halogens is 4. The summed E-state index contributed by atoms with van der Waals surface area (Å²) in [4.78, 5) is 16.8. The molecular weight excluding hydrogens is 558 g/mol. The van der Waals surface area contributed by atoms with Gasteiger partial charge in [0, 0.05) is 23.9 Å². The van der Waals surface area contributed by atoms with Gasteiger partial charge in [0.25, 0.3) is 0 Å². The zero-order valence-electron chi connectivity index (χ0n) is 23.3. The molecule has 8 nitrogen and oxygen atoms in total. The van der Waals surface area contributed by atoms with Crippen LogP contribution in [0.2, 0.25) is 0 Å². The highest BCUT2D eigenvalue weighted by Gasteiger charge is 2.50. The van der Waals surface area contributed by atoms with Gasteiger partial charge in [-0.1, -0.05) is 29.4 Å². The standard InChI is InChI=1S/C30H29F4N3O5/c1-5-40-24-14-27(41-17-18-6-10-21(39-4)11-7-18)35-16-22(24)19-8-9-20(23(31)12-19)13-26(38)36-28-15-25(37-42-28)29(2,3)30(32,33)34/h6-12,14-16H,5,13,17H2,1-4H3,(H,36,38). The summed E-state index contributed by atoms with van der Waals surface area (Å²) in [6.45, 7) is 4.32.